The molecule has 1 amide bonds. The number of anilines is 1. The van der Waals surface area contributed by atoms with Crippen molar-refractivity contribution in [3.63, 3.8) is 0 Å². The molecule has 1 N–H and O–H groups in total. The lowest BCUT2D eigenvalue weighted by atomic mass is 9.56. The van der Waals surface area contributed by atoms with Crippen LogP contribution in [0.25, 0.3) is 0 Å². The first kappa shape index (κ1) is 17.1. The van der Waals surface area contributed by atoms with Gasteiger partial charge in [0.25, 0.3) is 0 Å². The molecule has 0 unspecified atom stereocenters. The van der Waals surface area contributed by atoms with E-state index in [-0.39, 0.29) is 11.7 Å². The van der Waals surface area contributed by atoms with E-state index in [4.69, 9.17) is 0 Å². The summed E-state index contributed by atoms with van der Waals surface area (Å²) < 4.78 is 0.388. The van der Waals surface area contributed by atoms with Crippen LogP contribution in [0, 0.1) is 17.8 Å². The van der Waals surface area contributed by atoms with E-state index in [0.29, 0.717) is 16.9 Å². The highest BCUT2D eigenvalue weighted by atomic mass is 32.2. The molecule has 4 aliphatic rings. The fraction of sp³-hybridized carbons (Fsp3) is 0.619. The average Bonchev–Trinajstić information content (AvgIpc) is 2.59. The number of nitrogens with one attached hydrogen (secondary N) is 1. The minimum atomic E-state index is -0.00329. The topological polar surface area (TPSA) is 46.2 Å². The van der Waals surface area contributed by atoms with Gasteiger partial charge in [-0.3, -0.25) is 9.59 Å². The molecule has 1 aromatic rings. The molecule has 0 heterocycles. The smallest absolute Gasteiger partial charge is 0.224 e. The molecule has 0 atom stereocenters. The summed E-state index contributed by atoms with van der Waals surface area (Å²) in [6, 6.07) is 7.34. The van der Waals surface area contributed by atoms with Crippen LogP contribution in [0.15, 0.2) is 24.3 Å². The molecular weight excluding hydrogens is 330 g/mol. The standard InChI is InChI=1S/C21H27NO2S/c1-2-20(24)22-18-5-3-17(4-6-18)19(23)13-25-21-10-14-7-15(11-21)9-16(8-14)12-21/h3-6,14-16H,2,7-13H2,1H3,(H,22,24). The number of hydrogen-bond acceptors (Lipinski definition) is 3. The molecule has 4 fully saturated rings. The molecule has 0 saturated heterocycles. The Labute approximate surface area is 154 Å². The predicted octanol–water partition coefficient (Wildman–Crippen LogP) is 4.92. The highest BCUT2D eigenvalue weighted by molar-refractivity contribution is 8.01. The molecule has 4 bridgehead atoms. The zero-order valence-corrected chi connectivity index (χ0v) is 15.7. The van der Waals surface area contributed by atoms with Crippen LogP contribution in [0.5, 0.6) is 0 Å². The van der Waals surface area contributed by atoms with Crippen LogP contribution in [0.1, 0.15) is 62.2 Å². The summed E-state index contributed by atoms with van der Waals surface area (Å²) in [6.07, 6.45) is 8.79. The van der Waals surface area contributed by atoms with Crippen LogP contribution < -0.4 is 5.32 Å². The Morgan fingerprint density at radius 2 is 1.60 bits per heavy atom. The third-order valence-electron chi connectivity index (χ3n) is 6.30. The number of ketones is 1. The number of thioether (sulfide) groups is 1. The van der Waals surface area contributed by atoms with Gasteiger partial charge in [-0.1, -0.05) is 6.92 Å². The molecule has 0 spiro atoms. The van der Waals surface area contributed by atoms with Crippen LogP contribution in [0.2, 0.25) is 0 Å². The molecule has 1 aromatic carbocycles. The van der Waals surface area contributed by atoms with Gasteiger partial charge in [-0.25, -0.2) is 0 Å². The van der Waals surface area contributed by atoms with Crippen molar-refractivity contribution in [1.29, 1.82) is 0 Å². The van der Waals surface area contributed by atoms with Crippen molar-refractivity contribution in [2.24, 2.45) is 17.8 Å². The largest absolute Gasteiger partial charge is 0.326 e. The second kappa shape index (κ2) is 6.79. The normalized spacial score (nSPS) is 32.6. The van der Waals surface area contributed by atoms with Gasteiger partial charge in [-0.05, 0) is 80.5 Å². The molecule has 0 aromatic heterocycles. The van der Waals surface area contributed by atoms with E-state index in [1.165, 1.54) is 38.5 Å². The zero-order valence-electron chi connectivity index (χ0n) is 14.9. The van der Waals surface area contributed by atoms with Crippen LogP contribution in [0.4, 0.5) is 5.69 Å². The van der Waals surface area contributed by atoms with Crippen molar-refractivity contribution >= 4 is 29.1 Å². The second-order valence-electron chi connectivity index (χ2n) is 8.29. The number of carbonyl (C=O) groups excluding carboxylic acids is 2. The lowest BCUT2D eigenvalue weighted by Gasteiger charge is -2.56. The Morgan fingerprint density at radius 3 is 2.12 bits per heavy atom. The Bertz CT molecular complexity index is 632. The quantitative estimate of drug-likeness (QED) is 0.735. The fourth-order valence-corrected chi connectivity index (χ4v) is 7.16. The highest BCUT2D eigenvalue weighted by Gasteiger charge is 2.51. The van der Waals surface area contributed by atoms with Gasteiger partial charge in [0.05, 0.1) is 5.75 Å². The van der Waals surface area contributed by atoms with Crippen molar-refractivity contribution in [2.75, 3.05) is 11.1 Å². The lowest BCUT2D eigenvalue weighted by molar-refractivity contribution is -0.115. The minimum absolute atomic E-state index is 0.00329. The number of benzene rings is 1. The van der Waals surface area contributed by atoms with Gasteiger partial charge >= 0.3 is 0 Å². The van der Waals surface area contributed by atoms with Gasteiger partial charge in [-0.2, -0.15) is 0 Å². The van der Waals surface area contributed by atoms with Gasteiger partial charge in [0.1, 0.15) is 0 Å². The van der Waals surface area contributed by atoms with Crippen LogP contribution in [-0.4, -0.2) is 22.2 Å². The summed E-state index contributed by atoms with van der Waals surface area (Å²) in [6.45, 7) is 1.83. The SMILES string of the molecule is CCC(=O)Nc1ccc(C(=O)CSC23CC4CC(CC(C4)C2)C3)cc1. The maximum Gasteiger partial charge on any atom is 0.224 e. The number of amides is 1. The summed E-state index contributed by atoms with van der Waals surface area (Å²) >= 11 is 1.94. The van der Waals surface area contributed by atoms with Crippen molar-refractivity contribution in [2.45, 2.75) is 56.6 Å². The Balaban J connectivity index is 1.35. The lowest BCUT2D eigenvalue weighted by Crippen LogP contribution is -2.48. The molecule has 4 aliphatic carbocycles. The summed E-state index contributed by atoms with van der Waals surface area (Å²) in [5, 5.41) is 2.82. The first-order valence-electron chi connectivity index (χ1n) is 9.62. The highest BCUT2D eigenvalue weighted by Crippen LogP contribution is 2.60. The number of hydrogen-bond donors (Lipinski definition) is 1. The van der Waals surface area contributed by atoms with Gasteiger partial charge in [0.2, 0.25) is 5.91 Å². The zero-order chi connectivity index (χ0) is 17.4. The summed E-state index contributed by atoms with van der Waals surface area (Å²) in [5.41, 5.74) is 1.52. The Kier molecular flexibility index (Phi) is 4.65. The maximum absolute atomic E-state index is 12.6. The van der Waals surface area contributed by atoms with Crippen LogP contribution in [0.3, 0.4) is 0 Å². The minimum Gasteiger partial charge on any atom is -0.326 e. The molecule has 4 saturated carbocycles. The average molecular weight is 358 g/mol. The summed E-state index contributed by atoms with van der Waals surface area (Å²) in [4.78, 5) is 24.0. The van der Waals surface area contributed by atoms with Crippen molar-refractivity contribution in [3.8, 4) is 0 Å². The van der Waals surface area contributed by atoms with E-state index in [1.807, 2.05) is 43.0 Å². The molecule has 3 nitrogen and oxygen atoms in total. The van der Waals surface area contributed by atoms with Crippen molar-refractivity contribution < 1.29 is 9.59 Å². The van der Waals surface area contributed by atoms with Crippen LogP contribution in [-0.2, 0) is 4.79 Å². The fourth-order valence-electron chi connectivity index (χ4n) is 5.50. The molecule has 4 heteroatoms. The van der Waals surface area contributed by atoms with E-state index < -0.39 is 0 Å². The van der Waals surface area contributed by atoms with Gasteiger partial charge in [0, 0.05) is 22.4 Å². The molecular formula is C21H27NO2S. The third-order valence-corrected chi connectivity index (χ3v) is 7.82. The molecule has 5 rings (SSSR count). The first-order valence-corrected chi connectivity index (χ1v) is 10.6. The van der Waals surface area contributed by atoms with Crippen LogP contribution >= 0.6 is 11.8 Å². The van der Waals surface area contributed by atoms with E-state index in [0.717, 1.165) is 29.0 Å². The maximum atomic E-state index is 12.6. The summed E-state index contributed by atoms with van der Waals surface area (Å²) in [5.74, 6) is 3.58. The molecule has 25 heavy (non-hydrogen) atoms. The predicted molar refractivity (Wildman–Crippen MR) is 103 cm³/mol. The third kappa shape index (κ3) is 3.64. The first-order chi connectivity index (χ1) is 12.0. The number of Topliss-reactive ketones (excluding diaryl/α,β-unsaturated/α-hetero) is 1. The van der Waals surface area contributed by atoms with Gasteiger partial charge in [0.15, 0.2) is 5.78 Å². The van der Waals surface area contributed by atoms with Crippen molar-refractivity contribution in [1.82, 2.24) is 0 Å². The van der Waals surface area contributed by atoms with E-state index in [9.17, 15) is 9.59 Å². The van der Waals surface area contributed by atoms with E-state index in [1.54, 1.807) is 0 Å². The number of rotatable bonds is 6. The van der Waals surface area contributed by atoms with E-state index >= 15 is 0 Å². The van der Waals surface area contributed by atoms with E-state index in [2.05, 4.69) is 5.32 Å². The van der Waals surface area contributed by atoms with Crippen molar-refractivity contribution in [3.05, 3.63) is 29.8 Å². The molecule has 0 aliphatic heterocycles. The van der Waals surface area contributed by atoms with Gasteiger partial charge in [-0.15, -0.1) is 11.8 Å². The Morgan fingerprint density at radius 1 is 1.04 bits per heavy atom. The monoisotopic (exact) mass is 357 g/mol. The second-order valence-corrected chi connectivity index (χ2v) is 9.73. The molecule has 134 valence electrons. The Hall–Kier alpha value is -1.29. The van der Waals surface area contributed by atoms with Gasteiger partial charge < -0.3 is 5.32 Å². The summed E-state index contributed by atoms with van der Waals surface area (Å²) in [7, 11) is 0. The number of carbonyl (C=O) groups is 2. The molecule has 0 radical (unpaired) electrons.